The number of ether oxygens (including phenoxy) is 1. The van der Waals surface area contributed by atoms with E-state index in [0.717, 1.165) is 36.5 Å². The minimum Gasteiger partial charge on any atom is -0.380 e. The van der Waals surface area contributed by atoms with Crippen molar-refractivity contribution in [1.82, 2.24) is 24.6 Å². The molecule has 2 aromatic rings. The zero-order chi connectivity index (χ0) is 14.1. The maximum Gasteiger partial charge on any atom is 0.163 e. The van der Waals surface area contributed by atoms with Crippen molar-refractivity contribution in [1.29, 1.82) is 0 Å². The lowest BCUT2D eigenvalue weighted by molar-refractivity contribution is 0.155. The molecule has 20 heavy (non-hydrogen) atoms. The van der Waals surface area contributed by atoms with Crippen LogP contribution in [0, 0.1) is 0 Å². The van der Waals surface area contributed by atoms with Gasteiger partial charge in [-0.15, -0.1) is 0 Å². The van der Waals surface area contributed by atoms with Gasteiger partial charge in [0.25, 0.3) is 0 Å². The monoisotopic (exact) mass is 277 g/mol. The molecule has 3 heterocycles. The molecule has 1 aliphatic heterocycles. The number of nitrogens with one attached hydrogen (secondary N) is 1. The third-order valence-corrected chi connectivity index (χ3v) is 3.69. The molecule has 0 aromatic carbocycles. The predicted molar refractivity (Wildman–Crippen MR) is 74.8 cm³/mol. The second kappa shape index (κ2) is 5.31. The Morgan fingerprint density at radius 3 is 3.10 bits per heavy atom. The molecule has 8 heteroatoms. The zero-order valence-corrected chi connectivity index (χ0v) is 11.7. The Bertz CT molecular complexity index is 605. The second-order valence-corrected chi connectivity index (χ2v) is 5.07. The van der Waals surface area contributed by atoms with Gasteiger partial charge in [-0.05, 0) is 13.5 Å². The van der Waals surface area contributed by atoms with Crippen LogP contribution in [0.2, 0.25) is 0 Å². The first-order chi connectivity index (χ1) is 9.69. The Labute approximate surface area is 116 Å². The Hall–Kier alpha value is -1.77. The smallest absolute Gasteiger partial charge is 0.163 e. The van der Waals surface area contributed by atoms with Gasteiger partial charge in [-0.1, -0.05) is 0 Å². The fraction of sp³-hybridized carbons (Fsp3) is 0.583. The lowest BCUT2D eigenvalue weighted by atomic mass is 10.2. The molecule has 1 aliphatic rings. The van der Waals surface area contributed by atoms with Gasteiger partial charge in [0, 0.05) is 19.7 Å². The molecular formula is C12H19N7O. The number of aryl methyl sites for hydroxylation is 1. The molecule has 0 aliphatic carbocycles. The Morgan fingerprint density at radius 2 is 2.40 bits per heavy atom. The van der Waals surface area contributed by atoms with Crippen LogP contribution in [0.4, 0.5) is 5.82 Å². The van der Waals surface area contributed by atoms with Crippen molar-refractivity contribution < 1.29 is 4.74 Å². The molecule has 0 spiro atoms. The van der Waals surface area contributed by atoms with E-state index >= 15 is 0 Å². The summed E-state index contributed by atoms with van der Waals surface area (Å²) in [4.78, 5) is 11.2. The van der Waals surface area contributed by atoms with Crippen LogP contribution in [-0.4, -0.2) is 51.0 Å². The summed E-state index contributed by atoms with van der Waals surface area (Å²) < 4.78 is 7.13. The van der Waals surface area contributed by atoms with E-state index in [0.29, 0.717) is 18.4 Å². The topological polar surface area (TPSA) is 94.1 Å². The number of fused-ring (bicyclic) bond motifs is 1. The van der Waals surface area contributed by atoms with Gasteiger partial charge in [0.2, 0.25) is 0 Å². The molecule has 0 bridgehead atoms. The van der Waals surface area contributed by atoms with Crippen LogP contribution in [0.25, 0.3) is 11.0 Å². The highest BCUT2D eigenvalue weighted by Gasteiger charge is 2.21. The summed E-state index contributed by atoms with van der Waals surface area (Å²) in [5.74, 6) is 6.87. The average Bonchev–Trinajstić information content (AvgIpc) is 3.09. The van der Waals surface area contributed by atoms with E-state index in [2.05, 4.69) is 32.4 Å². The van der Waals surface area contributed by atoms with Crippen molar-refractivity contribution in [2.45, 2.75) is 19.0 Å². The fourth-order valence-corrected chi connectivity index (χ4v) is 2.47. The van der Waals surface area contributed by atoms with Crippen molar-refractivity contribution in [2.24, 2.45) is 12.9 Å². The Morgan fingerprint density at radius 1 is 1.55 bits per heavy atom. The highest BCUT2D eigenvalue weighted by molar-refractivity contribution is 5.86. The van der Waals surface area contributed by atoms with Crippen molar-refractivity contribution >= 4 is 16.9 Å². The molecule has 0 radical (unpaired) electrons. The van der Waals surface area contributed by atoms with Crippen LogP contribution in [0.5, 0.6) is 0 Å². The summed E-state index contributed by atoms with van der Waals surface area (Å²) in [6.45, 7) is 2.25. The molecule has 1 fully saturated rings. The summed E-state index contributed by atoms with van der Waals surface area (Å²) >= 11 is 0. The first kappa shape index (κ1) is 13.2. The molecule has 8 nitrogen and oxygen atoms in total. The number of aromatic nitrogens is 4. The molecule has 108 valence electrons. The van der Waals surface area contributed by atoms with Gasteiger partial charge in [-0.3, -0.25) is 9.58 Å². The summed E-state index contributed by atoms with van der Waals surface area (Å²) in [5, 5.41) is 5.01. The fourth-order valence-electron chi connectivity index (χ4n) is 2.47. The number of rotatable bonds is 4. The third kappa shape index (κ3) is 2.33. The molecule has 1 saturated heterocycles. The third-order valence-electron chi connectivity index (χ3n) is 3.69. The minimum atomic E-state index is 0.426. The Kier molecular flexibility index (Phi) is 3.51. The largest absolute Gasteiger partial charge is 0.380 e. The number of nitrogen functional groups attached to an aromatic ring is 1. The van der Waals surface area contributed by atoms with Crippen molar-refractivity contribution in [3.63, 3.8) is 0 Å². The molecule has 2 aromatic heterocycles. The average molecular weight is 277 g/mol. The van der Waals surface area contributed by atoms with Gasteiger partial charge in [-0.2, -0.15) is 5.10 Å². The standard InChI is InChI=1S/C12H19N7O/c1-18(8-3-4-20-7-8)6-10-15-11(17-13)9-5-14-19(2)12(9)16-10/h5,8H,3-4,6-7,13H2,1-2H3,(H,15,16,17). The number of hydrogen-bond acceptors (Lipinski definition) is 7. The van der Waals surface area contributed by atoms with E-state index < -0.39 is 0 Å². The van der Waals surface area contributed by atoms with E-state index in [4.69, 9.17) is 10.6 Å². The Balaban J connectivity index is 1.88. The van der Waals surface area contributed by atoms with Gasteiger partial charge in [-0.25, -0.2) is 15.8 Å². The first-order valence-electron chi connectivity index (χ1n) is 6.62. The first-order valence-corrected chi connectivity index (χ1v) is 6.62. The quantitative estimate of drug-likeness (QED) is 0.594. The summed E-state index contributed by atoms with van der Waals surface area (Å²) in [5.41, 5.74) is 3.40. The predicted octanol–water partition coefficient (Wildman–Crippen LogP) is -0.130. The van der Waals surface area contributed by atoms with Gasteiger partial charge >= 0.3 is 0 Å². The van der Waals surface area contributed by atoms with Crippen LogP contribution in [0.15, 0.2) is 6.20 Å². The van der Waals surface area contributed by atoms with Crippen LogP contribution >= 0.6 is 0 Å². The van der Waals surface area contributed by atoms with E-state index in [1.165, 1.54) is 0 Å². The summed E-state index contributed by atoms with van der Waals surface area (Å²) in [7, 11) is 3.92. The van der Waals surface area contributed by atoms with Crippen LogP contribution in [0.3, 0.4) is 0 Å². The van der Waals surface area contributed by atoms with E-state index in [1.54, 1.807) is 10.9 Å². The molecule has 1 atom stereocenters. The number of hydrazine groups is 1. The van der Waals surface area contributed by atoms with Gasteiger partial charge in [0.15, 0.2) is 11.5 Å². The number of nitrogens with two attached hydrogens (primary N) is 1. The maximum absolute atomic E-state index is 5.54. The molecule has 3 rings (SSSR count). The van der Waals surface area contributed by atoms with Gasteiger partial charge < -0.3 is 10.2 Å². The van der Waals surface area contributed by atoms with Crippen LogP contribution < -0.4 is 11.3 Å². The lowest BCUT2D eigenvalue weighted by Gasteiger charge is -2.22. The van der Waals surface area contributed by atoms with E-state index in [9.17, 15) is 0 Å². The zero-order valence-electron chi connectivity index (χ0n) is 11.7. The van der Waals surface area contributed by atoms with Crippen molar-refractivity contribution in [3.8, 4) is 0 Å². The number of likely N-dealkylation sites (N-methyl/N-ethyl adjacent to an activating group) is 1. The molecule has 1 unspecified atom stereocenters. The van der Waals surface area contributed by atoms with Crippen molar-refractivity contribution in [3.05, 3.63) is 12.0 Å². The SMILES string of the molecule is CN(Cc1nc(NN)c2cnn(C)c2n1)C1CCOC1. The number of hydrogen-bond donors (Lipinski definition) is 2. The molecular weight excluding hydrogens is 258 g/mol. The minimum absolute atomic E-state index is 0.426. The summed E-state index contributed by atoms with van der Waals surface area (Å²) in [6, 6.07) is 0.426. The van der Waals surface area contributed by atoms with Crippen LogP contribution in [0.1, 0.15) is 12.2 Å². The van der Waals surface area contributed by atoms with Gasteiger partial charge in [0.05, 0.1) is 24.7 Å². The second-order valence-electron chi connectivity index (χ2n) is 5.07. The molecule has 0 saturated carbocycles. The van der Waals surface area contributed by atoms with E-state index in [-0.39, 0.29) is 0 Å². The summed E-state index contributed by atoms with van der Waals surface area (Å²) in [6.07, 6.45) is 2.76. The highest BCUT2D eigenvalue weighted by atomic mass is 16.5. The van der Waals surface area contributed by atoms with Gasteiger partial charge in [0.1, 0.15) is 5.82 Å². The molecule has 0 amide bonds. The normalized spacial score (nSPS) is 19.1. The lowest BCUT2D eigenvalue weighted by Crippen LogP contribution is -2.32. The molecule has 3 N–H and O–H groups in total. The van der Waals surface area contributed by atoms with E-state index in [1.807, 2.05) is 7.05 Å². The van der Waals surface area contributed by atoms with Crippen LogP contribution in [-0.2, 0) is 18.3 Å². The van der Waals surface area contributed by atoms with Crippen molar-refractivity contribution in [2.75, 3.05) is 25.7 Å². The number of anilines is 1. The maximum atomic E-state index is 5.54. The highest BCUT2D eigenvalue weighted by Crippen LogP contribution is 2.20. The number of nitrogens with zero attached hydrogens (tertiary/aromatic N) is 5.